The number of esters is 2. The minimum atomic E-state index is -0.585. The fourth-order valence-electron chi connectivity index (χ4n) is 3.58. The predicted molar refractivity (Wildman–Crippen MR) is 108 cm³/mol. The zero-order valence-corrected chi connectivity index (χ0v) is 17.3. The maximum atomic E-state index is 11.5. The molecule has 0 bridgehead atoms. The Hall–Kier alpha value is -3.53. The van der Waals surface area contributed by atoms with Crippen LogP contribution in [-0.2, 0) is 23.8 Å². The molecule has 1 aliphatic heterocycles. The van der Waals surface area contributed by atoms with Gasteiger partial charge in [0.25, 0.3) is 0 Å². The third-order valence-electron chi connectivity index (χ3n) is 4.98. The van der Waals surface area contributed by atoms with Gasteiger partial charge in [0, 0.05) is 25.8 Å². The van der Waals surface area contributed by atoms with Gasteiger partial charge in [0.15, 0.2) is 5.65 Å². The summed E-state index contributed by atoms with van der Waals surface area (Å²) in [5.74, 6) is -0.116. The van der Waals surface area contributed by atoms with E-state index < -0.39 is 30.4 Å². The van der Waals surface area contributed by atoms with E-state index in [1.807, 2.05) is 24.3 Å². The van der Waals surface area contributed by atoms with Gasteiger partial charge in [0.1, 0.15) is 48.3 Å². The zero-order chi connectivity index (χ0) is 22.0. The molecule has 1 aromatic carbocycles. The molecule has 0 amide bonds. The van der Waals surface area contributed by atoms with E-state index in [2.05, 4.69) is 15.0 Å². The molecule has 10 heteroatoms. The van der Waals surface area contributed by atoms with Crippen LogP contribution in [0.4, 0.5) is 0 Å². The molecule has 3 heterocycles. The smallest absolute Gasteiger partial charge is 0.303 e. The van der Waals surface area contributed by atoms with Crippen molar-refractivity contribution in [2.45, 2.75) is 38.7 Å². The van der Waals surface area contributed by atoms with E-state index in [1.54, 1.807) is 18.0 Å². The van der Waals surface area contributed by atoms with Crippen molar-refractivity contribution >= 4 is 23.1 Å². The van der Waals surface area contributed by atoms with Crippen LogP contribution in [0.15, 0.2) is 36.9 Å². The van der Waals surface area contributed by atoms with Gasteiger partial charge in [-0.15, -0.1) is 0 Å². The molecule has 1 fully saturated rings. The van der Waals surface area contributed by atoms with Gasteiger partial charge in [-0.05, 0) is 24.3 Å². The Labute approximate surface area is 178 Å². The molecule has 3 atom stereocenters. The topological polar surface area (TPSA) is 115 Å². The molecule has 0 spiro atoms. The molecule has 0 aliphatic carbocycles. The number of aromatic nitrogens is 4. The summed E-state index contributed by atoms with van der Waals surface area (Å²) in [6, 6.07) is 7.50. The van der Waals surface area contributed by atoms with Crippen LogP contribution in [-0.4, -0.2) is 57.4 Å². The first kappa shape index (κ1) is 20.7. The van der Waals surface area contributed by atoms with Crippen molar-refractivity contribution in [2.24, 2.45) is 0 Å². The van der Waals surface area contributed by atoms with Crippen LogP contribution in [0.2, 0.25) is 0 Å². The van der Waals surface area contributed by atoms with Gasteiger partial charge in [-0.3, -0.25) is 14.2 Å². The van der Waals surface area contributed by atoms with Crippen molar-refractivity contribution < 1.29 is 28.5 Å². The number of carbonyl (C=O) groups excluding carboxylic acids is 2. The van der Waals surface area contributed by atoms with Crippen molar-refractivity contribution in [1.29, 1.82) is 0 Å². The Bertz CT molecular complexity index is 1100. The molecule has 0 saturated carbocycles. The Kier molecular flexibility index (Phi) is 5.81. The number of imidazole rings is 1. The van der Waals surface area contributed by atoms with Gasteiger partial charge in [0.2, 0.25) is 0 Å². The minimum absolute atomic E-state index is 0.0114. The van der Waals surface area contributed by atoms with E-state index in [4.69, 9.17) is 18.9 Å². The number of fused-ring (bicyclic) bond motifs is 1. The number of ether oxygens (including phenoxy) is 4. The summed E-state index contributed by atoms with van der Waals surface area (Å²) in [6.07, 6.45) is 1.83. The Morgan fingerprint density at radius 3 is 2.58 bits per heavy atom. The summed E-state index contributed by atoms with van der Waals surface area (Å²) < 4.78 is 23.5. The summed E-state index contributed by atoms with van der Waals surface area (Å²) in [4.78, 5) is 36.0. The largest absolute Gasteiger partial charge is 0.497 e. The molecule has 2 aromatic heterocycles. The fourth-order valence-corrected chi connectivity index (χ4v) is 3.58. The van der Waals surface area contributed by atoms with E-state index in [1.165, 1.54) is 20.2 Å². The van der Waals surface area contributed by atoms with E-state index >= 15 is 0 Å². The van der Waals surface area contributed by atoms with Crippen molar-refractivity contribution in [3.63, 3.8) is 0 Å². The summed E-state index contributed by atoms with van der Waals surface area (Å²) in [5, 5.41) is 0. The van der Waals surface area contributed by atoms with Gasteiger partial charge in [-0.2, -0.15) is 0 Å². The van der Waals surface area contributed by atoms with Gasteiger partial charge >= 0.3 is 11.9 Å². The molecule has 31 heavy (non-hydrogen) atoms. The quantitative estimate of drug-likeness (QED) is 0.548. The lowest BCUT2D eigenvalue weighted by atomic mass is 10.1. The summed E-state index contributed by atoms with van der Waals surface area (Å²) in [7, 11) is 1.61. The molecule has 1 aliphatic rings. The van der Waals surface area contributed by atoms with Gasteiger partial charge < -0.3 is 18.9 Å². The van der Waals surface area contributed by atoms with E-state index in [9.17, 15) is 9.59 Å². The molecule has 4 rings (SSSR count). The molecule has 3 aromatic rings. The molecular formula is C21H22N4O6. The number of nitrogens with zero attached hydrogens (tertiary/aromatic N) is 4. The third kappa shape index (κ3) is 4.33. The lowest BCUT2D eigenvalue weighted by Crippen LogP contribution is -2.31. The van der Waals surface area contributed by atoms with Gasteiger partial charge in [-0.25, -0.2) is 15.0 Å². The van der Waals surface area contributed by atoms with E-state index in [-0.39, 0.29) is 6.61 Å². The van der Waals surface area contributed by atoms with Crippen LogP contribution in [0.5, 0.6) is 5.75 Å². The summed E-state index contributed by atoms with van der Waals surface area (Å²) >= 11 is 0. The highest BCUT2D eigenvalue weighted by Crippen LogP contribution is 2.34. The van der Waals surface area contributed by atoms with Crippen molar-refractivity contribution in [3.05, 3.63) is 36.9 Å². The number of methoxy groups -OCH3 is 1. The third-order valence-corrected chi connectivity index (χ3v) is 4.98. The van der Waals surface area contributed by atoms with Crippen LogP contribution in [0.1, 0.15) is 26.5 Å². The Morgan fingerprint density at radius 1 is 1.13 bits per heavy atom. The van der Waals surface area contributed by atoms with Crippen LogP contribution in [0.25, 0.3) is 22.4 Å². The standard InChI is InChI=1S/C21H22N4O6/c1-12(26)29-9-17-16(30-13(2)27)8-18(31-17)25-11-24-20-19(22-10-23-21(20)25)14-4-6-15(28-3)7-5-14/h4-7,10-11,16-18H,8-9H2,1-3H3/t16-,17+,18+/m0/s1. The summed E-state index contributed by atoms with van der Waals surface area (Å²) in [6.45, 7) is 2.63. The first-order chi connectivity index (χ1) is 15.0. The van der Waals surface area contributed by atoms with Crippen LogP contribution >= 0.6 is 0 Å². The predicted octanol–water partition coefficient (Wildman–Crippen LogP) is 2.28. The molecule has 10 nitrogen and oxygen atoms in total. The number of rotatable bonds is 6. The average molecular weight is 426 g/mol. The lowest BCUT2D eigenvalue weighted by molar-refractivity contribution is -0.155. The normalized spacial score (nSPS) is 20.5. The molecular weight excluding hydrogens is 404 g/mol. The molecule has 0 unspecified atom stereocenters. The first-order valence-corrected chi connectivity index (χ1v) is 9.74. The van der Waals surface area contributed by atoms with E-state index in [0.29, 0.717) is 23.3 Å². The van der Waals surface area contributed by atoms with Crippen LogP contribution < -0.4 is 4.74 Å². The average Bonchev–Trinajstić information content (AvgIpc) is 3.35. The second-order valence-corrected chi connectivity index (χ2v) is 7.09. The number of hydrogen-bond acceptors (Lipinski definition) is 9. The minimum Gasteiger partial charge on any atom is -0.497 e. The Morgan fingerprint density at radius 2 is 1.90 bits per heavy atom. The molecule has 0 N–H and O–H groups in total. The fraction of sp³-hybridized carbons (Fsp3) is 0.381. The highest BCUT2D eigenvalue weighted by atomic mass is 16.6. The van der Waals surface area contributed by atoms with Crippen LogP contribution in [0.3, 0.4) is 0 Å². The van der Waals surface area contributed by atoms with Crippen molar-refractivity contribution in [2.75, 3.05) is 13.7 Å². The molecule has 1 saturated heterocycles. The maximum Gasteiger partial charge on any atom is 0.303 e. The van der Waals surface area contributed by atoms with Crippen molar-refractivity contribution in [3.8, 4) is 17.0 Å². The van der Waals surface area contributed by atoms with Gasteiger partial charge in [-0.1, -0.05) is 0 Å². The molecule has 0 radical (unpaired) electrons. The second kappa shape index (κ2) is 8.68. The Balaban J connectivity index is 1.63. The van der Waals surface area contributed by atoms with Crippen LogP contribution in [0, 0.1) is 0 Å². The second-order valence-electron chi connectivity index (χ2n) is 7.09. The maximum absolute atomic E-state index is 11.5. The zero-order valence-electron chi connectivity index (χ0n) is 17.3. The monoisotopic (exact) mass is 426 g/mol. The lowest BCUT2D eigenvalue weighted by Gasteiger charge is -2.17. The van der Waals surface area contributed by atoms with E-state index in [0.717, 1.165) is 11.3 Å². The number of carbonyl (C=O) groups is 2. The summed E-state index contributed by atoms with van der Waals surface area (Å²) in [5.41, 5.74) is 2.75. The first-order valence-electron chi connectivity index (χ1n) is 9.74. The number of hydrogen-bond donors (Lipinski definition) is 0. The number of benzene rings is 1. The highest BCUT2D eigenvalue weighted by molar-refractivity contribution is 5.87. The molecule has 162 valence electrons. The van der Waals surface area contributed by atoms with Gasteiger partial charge in [0.05, 0.1) is 13.4 Å². The van der Waals surface area contributed by atoms with Crippen molar-refractivity contribution in [1.82, 2.24) is 19.5 Å². The highest BCUT2D eigenvalue weighted by Gasteiger charge is 2.40. The SMILES string of the molecule is COc1ccc(-c2ncnc3c2ncn3[C@H]2C[C@H](OC(C)=O)[C@@H](COC(C)=O)O2)cc1.